The van der Waals surface area contributed by atoms with Crippen LogP contribution >= 0.6 is 0 Å². The molecule has 1 atom stereocenters. The number of rotatable bonds is 4. The monoisotopic (exact) mass is 449 g/mol. The van der Waals surface area contributed by atoms with Crippen LogP contribution in [-0.2, 0) is 7.05 Å². The molecule has 1 fully saturated rings. The molecule has 1 unspecified atom stereocenters. The van der Waals surface area contributed by atoms with Crippen molar-refractivity contribution in [2.24, 2.45) is 7.05 Å². The standard InChI is InChI=1S/C24H24FN5O3/c1-15-19(23(32)28-18-9-7-17(25)8-10-18)13-26-22(27-15)20-5-3-4-12-30(20)24(33)16-6-11-21(31)29(2)14-16/h6-11,13-14,20H,3-5,12H2,1-2H3,(H,28,32). The van der Waals surface area contributed by atoms with Crippen molar-refractivity contribution in [2.75, 3.05) is 11.9 Å². The van der Waals surface area contributed by atoms with Crippen molar-refractivity contribution in [1.82, 2.24) is 19.4 Å². The summed E-state index contributed by atoms with van der Waals surface area (Å²) in [6, 6.07) is 8.07. The van der Waals surface area contributed by atoms with E-state index in [2.05, 4.69) is 15.3 Å². The maximum atomic E-state index is 13.2. The molecule has 3 heterocycles. The van der Waals surface area contributed by atoms with E-state index in [0.717, 1.165) is 12.8 Å². The first kappa shape index (κ1) is 22.3. The molecule has 33 heavy (non-hydrogen) atoms. The van der Waals surface area contributed by atoms with Crippen LogP contribution in [-0.4, -0.2) is 37.8 Å². The number of hydrogen-bond donors (Lipinski definition) is 1. The Kier molecular flexibility index (Phi) is 6.30. The van der Waals surface area contributed by atoms with Crippen molar-refractivity contribution in [3.63, 3.8) is 0 Å². The Labute approximate surface area is 190 Å². The van der Waals surface area contributed by atoms with Crippen LogP contribution in [0.1, 0.15) is 57.5 Å². The van der Waals surface area contributed by atoms with Crippen molar-refractivity contribution in [1.29, 1.82) is 0 Å². The van der Waals surface area contributed by atoms with Gasteiger partial charge in [0.25, 0.3) is 11.8 Å². The molecule has 2 aromatic heterocycles. The predicted molar refractivity (Wildman–Crippen MR) is 120 cm³/mol. The molecule has 1 N–H and O–H groups in total. The Hall–Kier alpha value is -3.88. The van der Waals surface area contributed by atoms with Crippen LogP contribution in [0, 0.1) is 12.7 Å². The minimum absolute atomic E-state index is 0.185. The van der Waals surface area contributed by atoms with Gasteiger partial charge in [-0.15, -0.1) is 0 Å². The molecule has 0 saturated carbocycles. The number of nitrogens with one attached hydrogen (secondary N) is 1. The summed E-state index contributed by atoms with van der Waals surface area (Å²) < 4.78 is 14.5. The Morgan fingerprint density at radius 3 is 2.58 bits per heavy atom. The van der Waals surface area contributed by atoms with E-state index >= 15 is 0 Å². The van der Waals surface area contributed by atoms with Crippen LogP contribution in [0.3, 0.4) is 0 Å². The molecule has 0 aliphatic carbocycles. The van der Waals surface area contributed by atoms with Gasteiger partial charge in [-0.1, -0.05) is 0 Å². The maximum absolute atomic E-state index is 13.2. The van der Waals surface area contributed by atoms with Crippen LogP contribution in [0.15, 0.2) is 53.6 Å². The van der Waals surface area contributed by atoms with E-state index in [-0.39, 0.29) is 23.3 Å². The number of carbonyl (C=O) groups is 2. The van der Waals surface area contributed by atoms with E-state index in [1.807, 2.05) is 0 Å². The van der Waals surface area contributed by atoms with Crippen molar-refractivity contribution >= 4 is 17.5 Å². The van der Waals surface area contributed by atoms with Crippen LogP contribution in [0.25, 0.3) is 0 Å². The molecule has 1 aliphatic rings. The van der Waals surface area contributed by atoms with Crippen LogP contribution in [0.5, 0.6) is 0 Å². The second-order valence-electron chi connectivity index (χ2n) is 8.07. The van der Waals surface area contributed by atoms with Gasteiger partial charge in [-0.05, 0) is 56.5 Å². The third kappa shape index (κ3) is 4.82. The number of piperidine rings is 1. The van der Waals surface area contributed by atoms with Gasteiger partial charge < -0.3 is 14.8 Å². The molecule has 8 nitrogen and oxygen atoms in total. The zero-order chi connectivity index (χ0) is 23.5. The van der Waals surface area contributed by atoms with E-state index in [1.165, 1.54) is 53.4 Å². The zero-order valence-electron chi connectivity index (χ0n) is 18.4. The Bertz CT molecular complexity index is 1260. The van der Waals surface area contributed by atoms with Gasteiger partial charge in [0.1, 0.15) is 5.82 Å². The number of amides is 2. The number of likely N-dealkylation sites (tertiary alicyclic amines) is 1. The van der Waals surface area contributed by atoms with Crippen LogP contribution in [0.4, 0.5) is 10.1 Å². The molecular weight excluding hydrogens is 425 g/mol. The first-order chi connectivity index (χ1) is 15.8. The van der Waals surface area contributed by atoms with E-state index in [4.69, 9.17) is 0 Å². The minimum Gasteiger partial charge on any atom is -0.328 e. The minimum atomic E-state index is -0.396. The van der Waals surface area contributed by atoms with Gasteiger partial charge in [-0.25, -0.2) is 14.4 Å². The lowest BCUT2D eigenvalue weighted by molar-refractivity contribution is 0.0598. The quantitative estimate of drug-likeness (QED) is 0.660. The van der Waals surface area contributed by atoms with Crippen LogP contribution in [0.2, 0.25) is 0 Å². The summed E-state index contributed by atoms with van der Waals surface area (Å²) in [5.74, 6) is -0.494. The summed E-state index contributed by atoms with van der Waals surface area (Å²) >= 11 is 0. The average molecular weight is 449 g/mol. The molecule has 0 bridgehead atoms. The first-order valence-corrected chi connectivity index (χ1v) is 10.7. The third-order valence-electron chi connectivity index (χ3n) is 5.74. The highest BCUT2D eigenvalue weighted by atomic mass is 19.1. The average Bonchev–Trinajstić information content (AvgIpc) is 2.81. The molecule has 0 radical (unpaired) electrons. The summed E-state index contributed by atoms with van der Waals surface area (Å²) in [4.78, 5) is 48.2. The molecule has 3 aromatic rings. The zero-order valence-corrected chi connectivity index (χ0v) is 18.4. The molecule has 0 spiro atoms. The normalized spacial score (nSPS) is 15.8. The number of nitrogens with zero attached hydrogens (tertiary/aromatic N) is 4. The lowest BCUT2D eigenvalue weighted by atomic mass is 10.00. The number of carbonyl (C=O) groups excluding carboxylic acids is 2. The van der Waals surface area contributed by atoms with Gasteiger partial charge in [0.15, 0.2) is 5.82 Å². The summed E-state index contributed by atoms with van der Waals surface area (Å²) in [6.45, 7) is 2.27. The molecule has 9 heteroatoms. The van der Waals surface area contributed by atoms with E-state index in [1.54, 1.807) is 18.9 Å². The second-order valence-corrected chi connectivity index (χ2v) is 8.07. The molecule has 4 rings (SSSR count). The lowest BCUT2D eigenvalue weighted by Gasteiger charge is -2.35. The number of pyridine rings is 1. The predicted octanol–water partition coefficient (Wildman–Crippen LogP) is 3.24. The maximum Gasteiger partial charge on any atom is 0.259 e. The van der Waals surface area contributed by atoms with Crippen molar-refractivity contribution < 1.29 is 14.0 Å². The summed E-state index contributed by atoms with van der Waals surface area (Å²) in [5, 5.41) is 2.71. The van der Waals surface area contributed by atoms with Gasteiger partial charge in [0, 0.05) is 37.7 Å². The number of aromatic nitrogens is 3. The van der Waals surface area contributed by atoms with Crippen molar-refractivity contribution in [3.8, 4) is 0 Å². The summed E-state index contributed by atoms with van der Waals surface area (Å²) in [6.07, 6.45) is 5.49. The molecule has 2 amide bonds. The van der Waals surface area contributed by atoms with Crippen molar-refractivity contribution in [3.05, 3.63) is 87.6 Å². The smallest absolute Gasteiger partial charge is 0.259 e. The number of aryl methyl sites for hydroxylation is 2. The van der Waals surface area contributed by atoms with Crippen molar-refractivity contribution in [2.45, 2.75) is 32.2 Å². The lowest BCUT2D eigenvalue weighted by Crippen LogP contribution is -2.39. The highest BCUT2D eigenvalue weighted by Crippen LogP contribution is 2.30. The third-order valence-corrected chi connectivity index (χ3v) is 5.74. The fraction of sp³-hybridized carbons (Fsp3) is 0.292. The largest absolute Gasteiger partial charge is 0.328 e. The molecule has 170 valence electrons. The first-order valence-electron chi connectivity index (χ1n) is 10.7. The Morgan fingerprint density at radius 2 is 1.88 bits per heavy atom. The van der Waals surface area contributed by atoms with Gasteiger partial charge >= 0.3 is 0 Å². The van der Waals surface area contributed by atoms with Gasteiger partial charge in [-0.3, -0.25) is 14.4 Å². The number of hydrogen-bond acceptors (Lipinski definition) is 5. The summed E-state index contributed by atoms with van der Waals surface area (Å²) in [7, 11) is 1.61. The van der Waals surface area contributed by atoms with Crippen LogP contribution < -0.4 is 10.9 Å². The SMILES string of the molecule is Cc1nc(C2CCCCN2C(=O)c2ccc(=O)n(C)c2)ncc1C(=O)Nc1ccc(F)cc1. The van der Waals surface area contributed by atoms with Gasteiger partial charge in [0.2, 0.25) is 5.56 Å². The number of halogens is 1. The topological polar surface area (TPSA) is 97.2 Å². The summed E-state index contributed by atoms with van der Waals surface area (Å²) in [5.41, 5.74) is 1.49. The Morgan fingerprint density at radius 1 is 1.12 bits per heavy atom. The number of anilines is 1. The fourth-order valence-corrected chi connectivity index (χ4v) is 3.93. The second kappa shape index (κ2) is 9.32. The van der Waals surface area contributed by atoms with Gasteiger partial charge in [-0.2, -0.15) is 0 Å². The number of benzene rings is 1. The molecule has 1 aliphatic heterocycles. The van der Waals surface area contributed by atoms with E-state index in [9.17, 15) is 18.8 Å². The molecular formula is C24H24FN5O3. The van der Waals surface area contributed by atoms with Gasteiger partial charge in [0.05, 0.1) is 22.9 Å². The highest BCUT2D eigenvalue weighted by Gasteiger charge is 2.31. The Balaban J connectivity index is 1.56. The van der Waals surface area contributed by atoms with E-state index < -0.39 is 5.91 Å². The van der Waals surface area contributed by atoms with E-state index in [0.29, 0.717) is 41.3 Å². The fourth-order valence-electron chi connectivity index (χ4n) is 3.93. The molecule has 1 aromatic carbocycles. The highest BCUT2D eigenvalue weighted by molar-refractivity contribution is 6.04. The molecule has 1 saturated heterocycles.